The molecule has 0 aromatic carbocycles. The van der Waals surface area contributed by atoms with Gasteiger partial charge in [-0.25, -0.2) is 0 Å². The van der Waals surface area contributed by atoms with E-state index >= 15 is 0 Å². The first-order chi connectivity index (χ1) is 42.5. The molecule has 3 N–H and O–H groups in total. The predicted octanol–water partition coefficient (Wildman–Crippen LogP) is 25.8. The topological polar surface area (TPSA) is 95.9 Å². The predicted molar refractivity (Wildman–Crippen MR) is 379 cm³/mol. The lowest BCUT2D eigenvalue weighted by Gasteiger charge is -2.22. The van der Waals surface area contributed by atoms with Gasteiger partial charge >= 0.3 is 5.97 Å². The Bertz CT molecular complexity index is 1390. The van der Waals surface area contributed by atoms with Crippen molar-refractivity contribution < 1.29 is 24.5 Å². The molecular weight excluding hydrogens is 1050 g/mol. The van der Waals surface area contributed by atoms with Crippen LogP contribution in [0.25, 0.3) is 0 Å². The van der Waals surface area contributed by atoms with Crippen LogP contribution in [0.3, 0.4) is 0 Å². The van der Waals surface area contributed by atoms with Crippen molar-refractivity contribution in [2.75, 3.05) is 13.2 Å². The summed E-state index contributed by atoms with van der Waals surface area (Å²) in [6.45, 7) is 4.97. The van der Waals surface area contributed by atoms with E-state index in [-0.39, 0.29) is 18.5 Å². The Morgan fingerprint density at radius 2 is 0.581 bits per heavy atom. The van der Waals surface area contributed by atoms with E-state index in [2.05, 4.69) is 55.6 Å². The molecule has 6 heteroatoms. The van der Waals surface area contributed by atoms with Gasteiger partial charge in [0.15, 0.2) is 0 Å². The van der Waals surface area contributed by atoms with Gasteiger partial charge in [-0.1, -0.05) is 378 Å². The van der Waals surface area contributed by atoms with Crippen LogP contribution in [0.4, 0.5) is 0 Å². The number of carbonyl (C=O) groups excluding carboxylic acids is 2. The molecule has 0 spiro atoms. The first-order valence-corrected chi connectivity index (χ1v) is 39.2. The summed E-state index contributed by atoms with van der Waals surface area (Å²) in [4.78, 5) is 24.7. The summed E-state index contributed by atoms with van der Waals surface area (Å²) in [6, 6.07) is -0.543. The second kappa shape index (κ2) is 75.5. The molecule has 0 fully saturated rings. The van der Waals surface area contributed by atoms with E-state index in [1.807, 2.05) is 0 Å². The summed E-state index contributed by atoms with van der Waals surface area (Å²) in [5, 5.41) is 23.5. The Kier molecular flexibility index (Phi) is 73.9. The number of carbonyl (C=O) groups is 2. The third-order valence-electron chi connectivity index (χ3n) is 18.4. The molecule has 2 atom stereocenters. The number of amides is 1. The smallest absolute Gasteiger partial charge is 0.305 e. The zero-order chi connectivity index (χ0) is 62.0. The van der Waals surface area contributed by atoms with Crippen LogP contribution in [-0.4, -0.2) is 47.4 Å². The van der Waals surface area contributed by atoms with Gasteiger partial charge in [0.2, 0.25) is 5.91 Å². The van der Waals surface area contributed by atoms with Crippen molar-refractivity contribution in [3.8, 4) is 0 Å². The van der Waals surface area contributed by atoms with E-state index in [1.54, 1.807) is 0 Å². The van der Waals surface area contributed by atoms with Crippen LogP contribution in [-0.2, 0) is 14.3 Å². The molecule has 0 aliphatic carbocycles. The minimum absolute atomic E-state index is 0.0129. The molecule has 0 saturated heterocycles. The van der Waals surface area contributed by atoms with E-state index in [9.17, 15) is 19.8 Å². The number of unbranched alkanes of at least 4 members (excludes halogenated alkanes) is 57. The third kappa shape index (κ3) is 71.2. The van der Waals surface area contributed by atoms with Gasteiger partial charge in [-0.3, -0.25) is 9.59 Å². The Balaban J connectivity index is 3.37. The lowest BCUT2D eigenvalue weighted by atomic mass is 10.0. The molecule has 1 amide bonds. The number of nitrogens with one attached hydrogen (secondary N) is 1. The van der Waals surface area contributed by atoms with Crippen LogP contribution in [0.1, 0.15) is 438 Å². The Hall–Kier alpha value is -1.92. The molecule has 6 nitrogen and oxygen atoms in total. The van der Waals surface area contributed by atoms with Crippen molar-refractivity contribution in [3.63, 3.8) is 0 Å². The number of ether oxygens (including phenoxy) is 1. The highest BCUT2D eigenvalue weighted by atomic mass is 16.5. The molecule has 0 aliphatic rings. The monoisotopic (exact) mass is 1210 g/mol. The average Bonchev–Trinajstić information content (AvgIpc) is 3.53. The van der Waals surface area contributed by atoms with Crippen LogP contribution in [0.2, 0.25) is 0 Å². The Labute approximate surface area is 538 Å². The molecule has 508 valence electrons. The number of aliphatic hydroxyl groups excluding tert-OH is 2. The van der Waals surface area contributed by atoms with E-state index < -0.39 is 12.1 Å². The van der Waals surface area contributed by atoms with Crippen molar-refractivity contribution >= 4 is 11.9 Å². The lowest BCUT2D eigenvalue weighted by molar-refractivity contribution is -0.143. The zero-order valence-corrected chi connectivity index (χ0v) is 58.3. The molecule has 86 heavy (non-hydrogen) atoms. The minimum atomic E-state index is -0.666. The number of aliphatic hydroxyl groups is 2. The SMILES string of the molecule is CCCCC/C=C\C/C=C\CCCCCCCCCCCC(=O)OCCCCCCCCCCCCCC/C=C\CCCCCCCCCCCCCCC(=O)NC(CO)C(O)CCCCCCCCCCCCCCCCCCCCCCCC. The molecular formula is C80H153NO5. The number of hydrogen-bond acceptors (Lipinski definition) is 5. The van der Waals surface area contributed by atoms with Gasteiger partial charge in [0, 0.05) is 12.8 Å². The fraction of sp³-hybridized carbons (Fsp3) is 0.900. The average molecular weight is 1210 g/mol. The van der Waals surface area contributed by atoms with Gasteiger partial charge in [0.05, 0.1) is 25.4 Å². The van der Waals surface area contributed by atoms with E-state index in [4.69, 9.17) is 4.74 Å². The maximum absolute atomic E-state index is 12.6. The van der Waals surface area contributed by atoms with Gasteiger partial charge in [-0.15, -0.1) is 0 Å². The number of allylic oxidation sites excluding steroid dienone is 6. The molecule has 0 aromatic heterocycles. The maximum Gasteiger partial charge on any atom is 0.305 e. The van der Waals surface area contributed by atoms with Crippen LogP contribution in [0.15, 0.2) is 36.5 Å². The van der Waals surface area contributed by atoms with Crippen molar-refractivity contribution in [1.82, 2.24) is 5.32 Å². The highest BCUT2D eigenvalue weighted by Gasteiger charge is 2.20. The normalized spacial score (nSPS) is 12.7. The molecule has 2 unspecified atom stereocenters. The quantitative estimate of drug-likeness (QED) is 0.0320. The fourth-order valence-electron chi connectivity index (χ4n) is 12.4. The fourth-order valence-corrected chi connectivity index (χ4v) is 12.4. The van der Waals surface area contributed by atoms with E-state index in [0.717, 1.165) is 51.4 Å². The summed E-state index contributed by atoms with van der Waals surface area (Å²) < 4.78 is 5.51. The zero-order valence-electron chi connectivity index (χ0n) is 58.3. The molecule has 0 saturated carbocycles. The molecule has 0 aliphatic heterocycles. The van der Waals surface area contributed by atoms with Crippen LogP contribution < -0.4 is 5.32 Å². The Morgan fingerprint density at radius 1 is 0.326 bits per heavy atom. The molecule has 0 rings (SSSR count). The van der Waals surface area contributed by atoms with Crippen LogP contribution >= 0.6 is 0 Å². The second-order valence-corrected chi connectivity index (χ2v) is 27.0. The van der Waals surface area contributed by atoms with Crippen LogP contribution in [0.5, 0.6) is 0 Å². The highest BCUT2D eigenvalue weighted by Crippen LogP contribution is 2.20. The number of rotatable bonds is 74. The first-order valence-electron chi connectivity index (χ1n) is 39.2. The van der Waals surface area contributed by atoms with Crippen LogP contribution in [0, 0.1) is 0 Å². The molecule has 0 radical (unpaired) electrons. The lowest BCUT2D eigenvalue weighted by Crippen LogP contribution is -2.45. The number of hydrogen-bond donors (Lipinski definition) is 3. The van der Waals surface area contributed by atoms with Crippen molar-refractivity contribution in [1.29, 1.82) is 0 Å². The van der Waals surface area contributed by atoms with Gasteiger partial charge < -0.3 is 20.3 Å². The molecule has 0 bridgehead atoms. The summed E-state index contributed by atoms with van der Waals surface area (Å²) in [5.41, 5.74) is 0. The van der Waals surface area contributed by atoms with E-state index in [0.29, 0.717) is 25.9 Å². The number of esters is 1. The van der Waals surface area contributed by atoms with E-state index in [1.165, 1.54) is 353 Å². The van der Waals surface area contributed by atoms with Gasteiger partial charge in [-0.05, 0) is 83.5 Å². The molecule has 0 heterocycles. The summed E-state index contributed by atoms with van der Waals surface area (Å²) in [5.74, 6) is -0.0171. The standard InChI is InChI=1S/C80H153NO5/c1-3-5-7-9-11-13-15-17-19-21-23-24-33-37-40-44-48-52-56-60-64-68-72-78(83)77(76-82)81-79(84)73-69-65-61-57-53-49-45-41-38-34-31-29-27-25-26-28-30-32-35-39-43-47-51-55-59-63-67-71-75-86-80(85)74-70-66-62-58-54-50-46-42-36-22-20-18-16-14-12-10-8-6-4-2/h12,14,18,20,25-26,77-78,82-83H,3-11,13,15-17,19,21-24,27-76H2,1-2H3,(H,81,84)/b14-12-,20-18-,26-25-. The second-order valence-electron chi connectivity index (χ2n) is 27.0. The first kappa shape index (κ1) is 84.1. The highest BCUT2D eigenvalue weighted by molar-refractivity contribution is 5.76. The maximum atomic E-state index is 12.6. The van der Waals surface area contributed by atoms with Crippen molar-refractivity contribution in [2.24, 2.45) is 0 Å². The summed E-state index contributed by atoms with van der Waals surface area (Å²) >= 11 is 0. The van der Waals surface area contributed by atoms with Gasteiger partial charge in [-0.2, -0.15) is 0 Å². The van der Waals surface area contributed by atoms with Crippen molar-refractivity contribution in [2.45, 2.75) is 450 Å². The summed E-state index contributed by atoms with van der Waals surface area (Å²) in [7, 11) is 0. The Morgan fingerprint density at radius 3 is 0.919 bits per heavy atom. The third-order valence-corrected chi connectivity index (χ3v) is 18.4. The minimum Gasteiger partial charge on any atom is -0.466 e. The van der Waals surface area contributed by atoms with Crippen molar-refractivity contribution in [3.05, 3.63) is 36.5 Å². The van der Waals surface area contributed by atoms with Gasteiger partial charge in [0.25, 0.3) is 0 Å². The summed E-state index contributed by atoms with van der Waals surface area (Å²) in [6.07, 6.45) is 97.9. The largest absolute Gasteiger partial charge is 0.466 e. The van der Waals surface area contributed by atoms with Gasteiger partial charge in [0.1, 0.15) is 0 Å². The molecule has 0 aromatic rings.